The summed E-state index contributed by atoms with van der Waals surface area (Å²) in [5.41, 5.74) is 1.31. The van der Waals surface area contributed by atoms with Crippen molar-refractivity contribution in [2.24, 2.45) is 16.8 Å². The van der Waals surface area contributed by atoms with Crippen molar-refractivity contribution in [3.05, 3.63) is 35.9 Å². The molecular weight excluding hydrogens is 423 g/mol. The van der Waals surface area contributed by atoms with Crippen molar-refractivity contribution in [2.45, 2.75) is 33.2 Å². The van der Waals surface area contributed by atoms with Crippen molar-refractivity contribution < 1.29 is 0 Å². The summed E-state index contributed by atoms with van der Waals surface area (Å²) in [6.07, 6.45) is 2.64. The Hall–Kier alpha value is -0.820. The van der Waals surface area contributed by atoms with Crippen molar-refractivity contribution in [3.63, 3.8) is 0 Å². The molecule has 1 aromatic rings. The van der Waals surface area contributed by atoms with Gasteiger partial charge in [0, 0.05) is 40.3 Å². The molecule has 1 atom stereocenters. The van der Waals surface area contributed by atoms with Gasteiger partial charge in [-0.3, -0.25) is 4.99 Å². The number of rotatable bonds is 6. The van der Waals surface area contributed by atoms with Crippen LogP contribution in [0.4, 0.5) is 0 Å². The lowest BCUT2D eigenvalue weighted by molar-refractivity contribution is 0.159. The number of likely N-dealkylation sites (tertiary alicyclic amines) is 1. The summed E-state index contributed by atoms with van der Waals surface area (Å²) in [6.45, 7) is 10.2. The van der Waals surface area contributed by atoms with Crippen LogP contribution in [0.25, 0.3) is 0 Å². The fourth-order valence-electron chi connectivity index (χ4n) is 3.55. The van der Waals surface area contributed by atoms with E-state index in [4.69, 9.17) is 0 Å². The molecule has 1 fully saturated rings. The van der Waals surface area contributed by atoms with Gasteiger partial charge in [0.2, 0.25) is 0 Å². The summed E-state index contributed by atoms with van der Waals surface area (Å²) in [4.78, 5) is 9.27. The van der Waals surface area contributed by atoms with E-state index in [0.29, 0.717) is 0 Å². The van der Waals surface area contributed by atoms with Crippen LogP contribution in [-0.2, 0) is 6.54 Å². The van der Waals surface area contributed by atoms with Gasteiger partial charge < -0.3 is 15.1 Å². The minimum atomic E-state index is 0. The van der Waals surface area contributed by atoms with Gasteiger partial charge in [0.1, 0.15) is 0 Å². The molecule has 1 aliphatic rings. The highest BCUT2D eigenvalue weighted by Crippen LogP contribution is 2.17. The zero-order valence-electron chi connectivity index (χ0n) is 16.2. The molecule has 1 heterocycles. The third-order valence-corrected chi connectivity index (χ3v) is 4.61. The molecule has 4 nitrogen and oxygen atoms in total. The van der Waals surface area contributed by atoms with Crippen LogP contribution in [0.2, 0.25) is 0 Å². The molecule has 0 spiro atoms. The van der Waals surface area contributed by atoms with Gasteiger partial charge in [-0.25, -0.2) is 0 Å². The molecular formula is C20H35IN4. The number of guanidine groups is 1. The van der Waals surface area contributed by atoms with Crippen molar-refractivity contribution in [2.75, 3.05) is 40.3 Å². The summed E-state index contributed by atoms with van der Waals surface area (Å²) in [7, 11) is 3.98. The van der Waals surface area contributed by atoms with E-state index < -0.39 is 0 Å². The van der Waals surface area contributed by atoms with E-state index in [0.717, 1.165) is 30.9 Å². The van der Waals surface area contributed by atoms with Crippen LogP contribution in [-0.4, -0.2) is 56.0 Å². The van der Waals surface area contributed by atoms with E-state index in [9.17, 15) is 0 Å². The third-order valence-electron chi connectivity index (χ3n) is 4.61. The van der Waals surface area contributed by atoms with Crippen molar-refractivity contribution in [3.8, 4) is 0 Å². The van der Waals surface area contributed by atoms with Gasteiger partial charge >= 0.3 is 0 Å². The topological polar surface area (TPSA) is 30.9 Å². The van der Waals surface area contributed by atoms with Crippen LogP contribution in [0.5, 0.6) is 0 Å². The van der Waals surface area contributed by atoms with Crippen LogP contribution in [0, 0.1) is 11.8 Å². The Morgan fingerprint density at radius 1 is 1.32 bits per heavy atom. The first-order chi connectivity index (χ1) is 11.6. The fraction of sp³-hybridized carbons (Fsp3) is 0.650. The van der Waals surface area contributed by atoms with Gasteiger partial charge in [0.05, 0.1) is 0 Å². The highest BCUT2D eigenvalue weighted by Gasteiger charge is 2.20. The number of piperidine rings is 1. The second-order valence-corrected chi connectivity index (χ2v) is 7.43. The molecule has 0 bridgehead atoms. The van der Waals surface area contributed by atoms with Crippen molar-refractivity contribution in [1.82, 2.24) is 15.1 Å². The minimum Gasteiger partial charge on any atom is -0.356 e. The number of nitrogens with one attached hydrogen (secondary N) is 1. The largest absolute Gasteiger partial charge is 0.356 e. The average Bonchev–Trinajstić information content (AvgIpc) is 2.56. The molecule has 1 aromatic carbocycles. The normalized spacial score (nSPS) is 18.8. The predicted octanol–water partition coefficient (Wildman–Crippen LogP) is 3.68. The molecule has 0 amide bonds. The van der Waals surface area contributed by atoms with Crippen LogP contribution in [0.1, 0.15) is 32.3 Å². The van der Waals surface area contributed by atoms with Crippen LogP contribution in [0.3, 0.4) is 0 Å². The first kappa shape index (κ1) is 22.2. The van der Waals surface area contributed by atoms with Crippen molar-refractivity contribution >= 4 is 29.9 Å². The molecule has 2 rings (SSSR count). The number of aliphatic imine (C=N–C) groups is 1. The van der Waals surface area contributed by atoms with Gasteiger partial charge in [0.25, 0.3) is 0 Å². The van der Waals surface area contributed by atoms with E-state index in [2.05, 4.69) is 71.3 Å². The lowest BCUT2D eigenvalue weighted by Crippen LogP contribution is -2.45. The van der Waals surface area contributed by atoms with E-state index in [1.807, 2.05) is 7.05 Å². The average molecular weight is 458 g/mol. The Labute approximate surface area is 171 Å². The maximum absolute atomic E-state index is 4.45. The zero-order chi connectivity index (χ0) is 17.4. The molecule has 25 heavy (non-hydrogen) atoms. The lowest BCUT2D eigenvalue weighted by atomic mass is 9.97. The number of hydrogen-bond acceptors (Lipinski definition) is 2. The summed E-state index contributed by atoms with van der Waals surface area (Å²) < 4.78 is 0. The fourth-order valence-corrected chi connectivity index (χ4v) is 3.55. The van der Waals surface area contributed by atoms with E-state index >= 15 is 0 Å². The zero-order valence-corrected chi connectivity index (χ0v) is 18.6. The summed E-state index contributed by atoms with van der Waals surface area (Å²) in [6, 6.07) is 10.6. The van der Waals surface area contributed by atoms with E-state index in [1.54, 1.807) is 0 Å². The summed E-state index contributed by atoms with van der Waals surface area (Å²) in [5.74, 6) is 2.46. The Morgan fingerprint density at radius 2 is 2.04 bits per heavy atom. The van der Waals surface area contributed by atoms with Crippen LogP contribution in [0.15, 0.2) is 35.3 Å². The first-order valence-electron chi connectivity index (χ1n) is 9.26. The molecule has 0 saturated carbocycles. The summed E-state index contributed by atoms with van der Waals surface area (Å²) in [5, 5.41) is 3.58. The SMILES string of the molecule is CN=C(NCC1CCCN(CC(C)C)C1)N(C)Cc1ccccc1.I. The predicted molar refractivity (Wildman–Crippen MR) is 119 cm³/mol. The Balaban J connectivity index is 0.00000312. The highest BCUT2D eigenvalue weighted by molar-refractivity contribution is 14.0. The minimum absolute atomic E-state index is 0. The summed E-state index contributed by atoms with van der Waals surface area (Å²) >= 11 is 0. The third kappa shape index (κ3) is 7.94. The number of nitrogens with zero attached hydrogens (tertiary/aromatic N) is 3. The van der Waals surface area contributed by atoms with Gasteiger partial charge in [0.15, 0.2) is 5.96 Å². The second-order valence-electron chi connectivity index (χ2n) is 7.43. The Kier molecular flexibility index (Phi) is 10.4. The second kappa shape index (κ2) is 11.7. The quantitative estimate of drug-likeness (QED) is 0.401. The molecule has 1 saturated heterocycles. The van der Waals surface area contributed by atoms with E-state index in [-0.39, 0.29) is 24.0 Å². The van der Waals surface area contributed by atoms with Gasteiger partial charge in [-0.1, -0.05) is 44.2 Å². The van der Waals surface area contributed by atoms with E-state index in [1.165, 1.54) is 38.0 Å². The molecule has 5 heteroatoms. The molecule has 1 N–H and O–H groups in total. The molecule has 1 aliphatic heterocycles. The molecule has 0 aromatic heterocycles. The molecule has 1 unspecified atom stereocenters. The maximum Gasteiger partial charge on any atom is 0.193 e. The van der Waals surface area contributed by atoms with Crippen LogP contribution < -0.4 is 5.32 Å². The lowest BCUT2D eigenvalue weighted by Gasteiger charge is -2.34. The van der Waals surface area contributed by atoms with Gasteiger partial charge in [-0.2, -0.15) is 0 Å². The monoisotopic (exact) mass is 458 g/mol. The number of halogens is 1. The Bertz CT molecular complexity index is 504. The van der Waals surface area contributed by atoms with Crippen LogP contribution >= 0.6 is 24.0 Å². The van der Waals surface area contributed by atoms with Crippen molar-refractivity contribution in [1.29, 1.82) is 0 Å². The molecule has 142 valence electrons. The number of hydrogen-bond donors (Lipinski definition) is 1. The Morgan fingerprint density at radius 3 is 2.68 bits per heavy atom. The maximum atomic E-state index is 4.45. The molecule has 0 radical (unpaired) electrons. The first-order valence-corrected chi connectivity index (χ1v) is 9.26. The number of benzene rings is 1. The highest BCUT2D eigenvalue weighted by atomic mass is 127. The smallest absolute Gasteiger partial charge is 0.193 e. The van der Waals surface area contributed by atoms with Gasteiger partial charge in [-0.15, -0.1) is 24.0 Å². The molecule has 0 aliphatic carbocycles. The van der Waals surface area contributed by atoms with Gasteiger partial charge in [-0.05, 0) is 36.8 Å². The standard InChI is InChI=1S/C20H34N4.HI/c1-17(2)14-24-12-8-11-19(16-24)13-22-20(21-3)23(4)15-18-9-6-5-7-10-18;/h5-7,9-10,17,19H,8,11-16H2,1-4H3,(H,21,22);1H.